The third-order valence-corrected chi connectivity index (χ3v) is 5.49. The minimum atomic E-state index is 0.684. The maximum absolute atomic E-state index is 2.35. The molecule has 14 heavy (non-hydrogen) atoms. The Hall–Kier alpha value is -0.0800. The summed E-state index contributed by atoms with van der Waals surface area (Å²) in [5.74, 6) is 2.65. The number of rotatable bonds is 1. The molecule has 0 bridgehead atoms. The quantitative estimate of drug-likeness (QED) is 0.702. The van der Waals surface area contributed by atoms with Gasteiger partial charge < -0.3 is 0 Å². The molecule has 0 spiro atoms. The van der Waals surface area contributed by atoms with Crippen LogP contribution in [-0.2, 0) is 0 Å². The fourth-order valence-electron chi connectivity index (χ4n) is 1.68. The van der Waals surface area contributed by atoms with Crippen molar-refractivity contribution >= 4 is 23.5 Å². The zero-order valence-electron chi connectivity index (χ0n) is 8.75. The van der Waals surface area contributed by atoms with Crippen molar-refractivity contribution < 1.29 is 0 Å². The second kappa shape index (κ2) is 4.63. The van der Waals surface area contributed by atoms with Crippen molar-refractivity contribution in [1.82, 2.24) is 0 Å². The van der Waals surface area contributed by atoms with Crippen LogP contribution in [0.25, 0.3) is 0 Å². The molecular formula is C12H16S2. The van der Waals surface area contributed by atoms with Gasteiger partial charge in [-0.3, -0.25) is 0 Å². The summed E-state index contributed by atoms with van der Waals surface area (Å²) in [5.41, 5.74) is 4.37. The summed E-state index contributed by atoms with van der Waals surface area (Å²) < 4.78 is 0.684. The van der Waals surface area contributed by atoms with Crippen molar-refractivity contribution in [3.05, 3.63) is 34.9 Å². The minimum Gasteiger partial charge on any atom is -0.143 e. The lowest BCUT2D eigenvalue weighted by molar-refractivity contribution is 1.09. The van der Waals surface area contributed by atoms with Crippen LogP contribution in [0, 0.1) is 13.8 Å². The van der Waals surface area contributed by atoms with E-state index in [-0.39, 0.29) is 0 Å². The number of benzene rings is 1. The molecular weight excluding hydrogens is 208 g/mol. The Morgan fingerprint density at radius 1 is 1.14 bits per heavy atom. The van der Waals surface area contributed by atoms with Gasteiger partial charge in [0, 0.05) is 0 Å². The van der Waals surface area contributed by atoms with Gasteiger partial charge in [0.25, 0.3) is 0 Å². The summed E-state index contributed by atoms with van der Waals surface area (Å²) in [6, 6.07) is 6.81. The highest BCUT2D eigenvalue weighted by molar-refractivity contribution is 8.16. The SMILES string of the molecule is Cc1ccc(C)c(C2SCCCS2)c1. The molecule has 0 amide bonds. The normalized spacial score (nSPS) is 18.4. The van der Waals surface area contributed by atoms with Crippen LogP contribution in [0.1, 0.15) is 27.7 Å². The molecule has 1 aromatic carbocycles. The highest BCUT2D eigenvalue weighted by Crippen LogP contribution is 2.44. The second-order valence-corrected chi connectivity index (χ2v) is 6.51. The Balaban J connectivity index is 2.24. The molecule has 0 nitrogen and oxygen atoms in total. The second-order valence-electron chi connectivity index (χ2n) is 3.79. The maximum Gasteiger partial charge on any atom is 0.0753 e. The van der Waals surface area contributed by atoms with Gasteiger partial charge in [-0.25, -0.2) is 0 Å². The van der Waals surface area contributed by atoms with Crippen LogP contribution in [-0.4, -0.2) is 11.5 Å². The minimum absolute atomic E-state index is 0.684. The molecule has 2 rings (SSSR count). The predicted octanol–water partition coefficient (Wildman–Crippen LogP) is 4.17. The molecule has 0 aromatic heterocycles. The van der Waals surface area contributed by atoms with Crippen LogP contribution in [0.15, 0.2) is 18.2 Å². The Bertz CT molecular complexity index is 314. The van der Waals surface area contributed by atoms with Crippen LogP contribution in [0.3, 0.4) is 0 Å². The lowest BCUT2D eigenvalue weighted by atomic mass is 10.1. The molecule has 1 heterocycles. The first-order valence-corrected chi connectivity index (χ1v) is 7.17. The Labute approximate surface area is 94.9 Å². The van der Waals surface area contributed by atoms with Crippen molar-refractivity contribution in [3.63, 3.8) is 0 Å². The largest absolute Gasteiger partial charge is 0.143 e. The molecule has 1 saturated heterocycles. The van der Waals surface area contributed by atoms with Gasteiger partial charge in [-0.05, 0) is 42.9 Å². The van der Waals surface area contributed by atoms with Crippen LogP contribution in [0.4, 0.5) is 0 Å². The Kier molecular flexibility index (Phi) is 3.45. The zero-order chi connectivity index (χ0) is 9.97. The summed E-state index contributed by atoms with van der Waals surface area (Å²) in [6.07, 6.45) is 1.37. The molecule has 0 atom stereocenters. The highest BCUT2D eigenvalue weighted by atomic mass is 32.2. The number of hydrogen-bond acceptors (Lipinski definition) is 2. The van der Waals surface area contributed by atoms with Crippen molar-refractivity contribution in [3.8, 4) is 0 Å². The molecule has 1 aliphatic rings. The molecule has 0 radical (unpaired) electrons. The molecule has 0 N–H and O–H groups in total. The van der Waals surface area contributed by atoms with Crippen LogP contribution in [0.5, 0.6) is 0 Å². The summed E-state index contributed by atoms with van der Waals surface area (Å²) in [6.45, 7) is 4.41. The zero-order valence-corrected chi connectivity index (χ0v) is 10.4. The monoisotopic (exact) mass is 224 g/mol. The fraction of sp³-hybridized carbons (Fsp3) is 0.500. The summed E-state index contributed by atoms with van der Waals surface area (Å²) >= 11 is 4.20. The lowest BCUT2D eigenvalue weighted by Crippen LogP contribution is -2.02. The van der Waals surface area contributed by atoms with Gasteiger partial charge >= 0.3 is 0 Å². The summed E-state index contributed by atoms with van der Waals surface area (Å²) in [5, 5.41) is 0. The average molecular weight is 224 g/mol. The van der Waals surface area contributed by atoms with E-state index in [9.17, 15) is 0 Å². The lowest BCUT2D eigenvalue weighted by Gasteiger charge is -2.23. The van der Waals surface area contributed by atoms with Gasteiger partial charge in [-0.1, -0.05) is 23.8 Å². The third kappa shape index (κ3) is 2.29. The average Bonchev–Trinajstić information content (AvgIpc) is 2.23. The smallest absolute Gasteiger partial charge is 0.0753 e. The maximum atomic E-state index is 2.35. The van der Waals surface area contributed by atoms with Gasteiger partial charge in [0.05, 0.1) is 4.58 Å². The summed E-state index contributed by atoms with van der Waals surface area (Å²) in [4.78, 5) is 0. The first kappa shape index (κ1) is 10.4. The van der Waals surface area contributed by atoms with Gasteiger partial charge in [0.2, 0.25) is 0 Å². The van der Waals surface area contributed by atoms with E-state index in [2.05, 4.69) is 55.6 Å². The van der Waals surface area contributed by atoms with Gasteiger partial charge in [-0.2, -0.15) is 0 Å². The van der Waals surface area contributed by atoms with Crippen LogP contribution in [0.2, 0.25) is 0 Å². The van der Waals surface area contributed by atoms with E-state index in [1.165, 1.54) is 29.1 Å². The van der Waals surface area contributed by atoms with E-state index in [0.717, 1.165) is 0 Å². The Morgan fingerprint density at radius 3 is 2.57 bits per heavy atom. The van der Waals surface area contributed by atoms with E-state index in [1.54, 1.807) is 5.56 Å². The fourth-order valence-corrected chi connectivity index (χ4v) is 4.74. The van der Waals surface area contributed by atoms with E-state index < -0.39 is 0 Å². The number of thioether (sulfide) groups is 2. The van der Waals surface area contributed by atoms with Gasteiger partial charge in [0.1, 0.15) is 0 Å². The molecule has 76 valence electrons. The number of hydrogen-bond donors (Lipinski definition) is 0. The van der Waals surface area contributed by atoms with Crippen LogP contribution < -0.4 is 0 Å². The predicted molar refractivity (Wildman–Crippen MR) is 68.2 cm³/mol. The molecule has 0 saturated carbocycles. The molecule has 0 unspecified atom stereocenters. The molecule has 1 fully saturated rings. The molecule has 2 heteroatoms. The van der Waals surface area contributed by atoms with Crippen molar-refractivity contribution in [2.75, 3.05) is 11.5 Å². The van der Waals surface area contributed by atoms with E-state index in [0.29, 0.717) is 4.58 Å². The Morgan fingerprint density at radius 2 is 1.86 bits per heavy atom. The first-order valence-electron chi connectivity index (χ1n) is 5.08. The highest BCUT2D eigenvalue weighted by Gasteiger charge is 2.17. The van der Waals surface area contributed by atoms with Crippen molar-refractivity contribution in [2.24, 2.45) is 0 Å². The van der Waals surface area contributed by atoms with Gasteiger partial charge in [-0.15, -0.1) is 23.5 Å². The third-order valence-electron chi connectivity index (χ3n) is 2.52. The van der Waals surface area contributed by atoms with E-state index in [1.807, 2.05) is 0 Å². The topological polar surface area (TPSA) is 0 Å². The van der Waals surface area contributed by atoms with E-state index >= 15 is 0 Å². The van der Waals surface area contributed by atoms with Crippen molar-refractivity contribution in [2.45, 2.75) is 24.9 Å². The van der Waals surface area contributed by atoms with Crippen molar-refractivity contribution in [1.29, 1.82) is 0 Å². The standard InChI is InChI=1S/C12H16S2/c1-9-4-5-10(2)11(8-9)12-13-6-3-7-14-12/h4-5,8,12H,3,6-7H2,1-2H3. The van der Waals surface area contributed by atoms with E-state index in [4.69, 9.17) is 0 Å². The van der Waals surface area contributed by atoms with Crippen LogP contribution >= 0.6 is 23.5 Å². The molecule has 1 aliphatic heterocycles. The molecule has 0 aliphatic carbocycles. The van der Waals surface area contributed by atoms with Gasteiger partial charge in [0.15, 0.2) is 0 Å². The molecule has 1 aromatic rings. The number of aryl methyl sites for hydroxylation is 2. The summed E-state index contributed by atoms with van der Waals surface area (Å²) in [7, 11) is 0. The first-order chi connectivity index (χ1) is 6.77.